The number of benzene rings is 2. The number of nitrogens with zero attached hydrogens (tertiary/aromatic N) is 3. The minimum atomic E-state index is -0.821. The number of pyridine rings is 1. The van der Waals surface area contributed by atoms with Gasteiger partial charge in [0, 0.05) is 37.2 Å². The molecule has 0 aliphatic carbocycles. The summed E-state index contributed by atoms with van der Waals surface area (Å²) in [7, 11) is 0. The molecule has 10 heteroatoms. The van der Waals surface area contributed by atoms with Gasteiger partial charge in [0.2, 0.25) is 5.91 Å². The van der Waals surface area contributed by atoms with Gasteiger partial charge in [0.1, 0.15) is 17.7 Å². The monoisotopic (exact) mass is 477 g/mol. The highest BCUT2D eigenvalue weighted by Crippen LogP contribution is 2.27. The van der Waals surface area contributed by atoms with E-state index in [4.69, 9.17) is 5.73 Å². The second kappa shape index (κ2) is 10.4. The second-order valence-electron chi connectivity index (χ2n) is 8.42. The van der Waals surface area contributed by atoms with Gasteiger partial charge in [0.05, 0.1) is 11.5 Å². The zero-order valence-corrected chi connectivity index (χ0v) is 18.8. The Hall–Kier alpha value is -4.18. The van der Waals surface area contributed by atoms with E-state index in [9.17, 15) is 24.1 Å². The smallest absolute Gasteiger partial charge is 0.269 e. The van der Waals surface area contributed by atoms with Crippen molar-refractivity contribution >= 4 is 23.3 Å². The van der Waals surface area contributed by atoms with Crippen molar-refractivity contribution in [2.75, 3.05) is 4.90 Å². The number of hydrogen-bond acceptors (Lipinski definition) is 6. The summed E-state index contributed by atoms with van der Waals surface area (Å²) in [5, 5.41) is 13.7. The van der Waals surface area contributed by atoms with Gasteiger partial charge in [-0.05, 0) is 35.2 Å². The molecule has 0 bridgehead atoms. The van der Waals surface area contributed by atoms with Gasteiger partial charge in [-0.25, -0.2) is 9.37 Å². The number of hydrogen-bond donors (Lipinski definition) is 2. The number of carbonyl (C=O) groups excluding carboxylic acids is 2. The molecule has 0 saturated heterocycles. The molecule has 2 aromatic carbocycles. The van der Waals surface area contributed by atoms with E-state index < -0.39 is 22.9 Å². The number of nitro benzene ring substituents is 1. The number of amides is 2. The van der Waals surface area contributed by atoms with Crippen molar-refractivity contribution < 1.29 is 18.9 Å². The summed E-state index contributed by atoms with van der Waals surface area (Å²) in [6.45, 7) is 0.139. The highest BCUT2D eigenvalue weighted by molar-refractivity contribution is 6.01. The van der Waals surface area contributed by atoms with Crippen molar-refractivity contribution in [2.24, 2.45) is 5.73 Å². The molecule has 3 aromatic rings. The van der Waals surface area contributed by atoms with Crippen LogP contribution in [-0.2, 0) is 29.0 Å². The summed E-state index contributed by atoms with van der Waals surface area (Å²) in [5.74, 6) is -0.644. The van der Waals surface area contributed by atoms with Crippen LogP contribution in [-0.4, -0.2) is 33.8 Å². The molecule has 0 fully saturated rings. The predicted molar refractivity (Wildman–Crippen MR) is 127 cm³/mol. The Bertz CT molecular complexity index is 1250. The third-order valence-electron chi connectivity index (χ3n) is 5.82. The Balaban J connectivity index is 1.45. The van der Waals surface area contributed by atoms with Crippen LogP contribution in [0.15, 0.2) is 66.9 Å². The number of anilines is 1. The average molecular weight is 477 g/mol. The van der Waals surface area contributed by atoms with E-state index in [0.717, 1.165) is 5.56 Å². The summed E-state index contributed by atoms with van der Waals surface area (Å²) in [5.41, 5.74) is 7.92. The molecule has 2 amide bonds. The van der Waals surface area contributed by atoms with Crippen LogP contribution in [0, 0.1) is 15.9 Å². The lowest BCUT2D eigenvalue weighted by Crippen LogP contribution is -2.53. The van der Waals surface area contributed by atoms with E-state index in [1.807, 2.05) is 6.07 Å². The Morgan fingerprint density at radius 2 is 1.94 bits per heavy atom. The molecule has 0 saturated carbocycles. The van der Waals surface area contributed by atoms with Crippen molar-refractivity contribution in [3.63, 3.8) is 0 Å². The number of fused-ring (bicyclic) bond motifs is 1. The summed E-state index contributed by atoms with van der Waals surface area (Å²) in [4.78, 5) is 42.2. The molecule has 2 atom stereocenters. The number of aromatic nitrogens is 1. The first-order chi connectivity index (χ1) is 16.8. The normalized spacial score (nSPS) is 15.9. The fourth-order valence-corrected chi connectivity index (χ4v) is 4.11. The summed E-state index contributed by atoms with van der Waals surface area (Å²) in [6, 6.07) is 14.3. The Kier molecular flexibility index (Phi) is 7.11. The first-order valence-electron chi connectivity index (χ1n) is 11.1. The summed E-state index contributed by atoms with van der Waals surface area (Å²) < 4.78 is 13.9. The molecule has 9 nitrogen and oxygen atoms in total. The number of nitrogens with one attached hydrogen (secondary N) is 1. The third kappa shape index (κ3) is 5.67. The largest absolute Gasteiger partial charge is 0.344 e. The van der Waals surface area contributed by atoms with Crippen LogP contribution in [0.1, 0.15) is 23.1 Å². The first kappa shape index (κ1) is 24.0. The van der Waals surface area contributed by atoms with Gasteiger partial charge in [-0.2, -0.15) is 0 Å². The quantitative estimate of drug-likeness (QED) is 0.379. The molecule has 1 aliphatic heterocycles. The first-order valence-corrected chi connectivity index (χ1v) is 11.1. The maximum atomic E-state index is 13.9. The zero-order valence-electron chi connectivity index (χ0n) is 18.8. The van der Waals surface area contributed by atoms with Crippen molar-refractivity contribution in [1.29, 1.82) is 0 Å². The van der Waals surface area contributed by atoms with Crippen LogP contribution >= 0.6 is 0 Å². The molecule has 35 heavy (non-hydrogen) atoms. The average Bonchev–Trinajstić information content (AvgIpc) is 2.83. The standard InChI is InChI=1S/C25H24FN5O4/c26-21-6-2-1-4-17(21)12-19(27)14-23(32)29-22-13-18-5-3-11-28-24(18)30(25(22)33)15-16-7-9-20(10-8-16)31(34)35/h1-11,19,22H,12-15,27H2,(H,29,32)/t19-,22?/m1/s1. The van der Waals surface area contributed by atoms with E-state index >= 15 is 0 Å². The maximum Gasteiger partial charge on any atom is 0.269 e. The van der Waals surface area contributed by atoms with E-state index in [1.165, 1.54) is 23.1 Å². The van der Waals surface area contributed by atoms with Crippen LogP contribution < -0.4 is 16.0 Å². The Labute approximate surface area is 200 Å². The Morgan fingerprint density at radius 1 is 1.20 bits per heavy atom. The number of halogens is 1. The van der Waals surface area contributed by atoms with Crippen LogP contribution in [0.3, 0.4) is 0 Å². The minimum absolute atomic E-state index is 0.0471. The van der Waals surface area contributed by atoms with Crippen LogP contribution in [0.2, 0.25) is 0 Å². The van der Waals surface area contributed by atoms with E-state index in [-0.39, 0.29) is 43.2 Å². The Morgan fingerprint density at radius 3 is 2.66 bits per heavy atom. The molecule has 180 valence electrons. The van der Waals surface area contributed by atoms with Crippen LogP contribution in [0.5, 0.6) is 0 Å². The van der Waals surface area contributed by atoms with Gasteiger partial charge in [-0.3, -0.25) is 24.6 Å². The number of nitrogens with two attached hydrogens (primary N) is 1. The van der Waals surface area contributed by atoms with Crippen LogP contribution in [0.25, 0.3) is 0 Å². The number of rotatable bonds is 8. The molecule has 4 rings (SSSR count). The van der Waals surface area contributed by atoms with Gasteiger partial charge in [0.25, 0.3) is 11.6 Å². The molecule has 1 aromatic heterocycles. The van der Waals surface area contributed by atoms with Gasteiger partial charge in [0.15, 0.2) is 0 Å². The molecule has 0 radical (unpaired) electrons. The lowest BCUT2D eigenvalue weighted by Gasteiger charge is -2.33. The molecular weight excluding hydrogens is 453 g/mol. The van der Waals surface area contributed by atoms with Crippen molar-refractivity contribution in [3.8, 4) is 0 Å². The van der Waals surface area contributed by atoms with Gasteiger partial charge < -0.3 is 11.1 Å². The fourth-order valence-electron chi connectivity index (χ4n) is 4.11. The minimum Gasteiger partial charge on any atom is -0.344 e. The highest BCUT2D eigenvalue weighted by atomic mass is 19.1. The zero-order chi connectivity index (χ0) is 24.9. The number of non-ortho nitro benzene ring substituents is 1. The lowest BCUT2D eigenvalue weighted by atomic mass is 9.98. The van der Waals surface area contributed by atoms with Crippen molar-refractivity contribution in [3.05, 3.63) is 99.5 Å². The molecule has 2 heterocycles. The van der Waals surface area contributed by atoms with E-state index in [0.29, 0.717) is 16.9 Å². The molecule has 3 N–H and O–H groups in total. The number of carbonyl (C=O) groups is 2. The molecule has 0 spiro atoms. The SMILES string of the molecule is N[C@@H](CC(=O)NC1Cc2cccnc2N(Cc2ccc([N+](=O)[O-])cc2)C1=O)Cc1ccccc1F. The van der Waals surface area contributed by atoms with E-state index in [1.54, 1.807) is 42.6 Å². The van der Waals surface area contributed by atoms with Crippen LogP contribution in [0.4, 0.5) is 15.9 Å². The van der Waals surface area contributed by atoms with E-state index in [2.05, 4.69) is 10.3 Å². The van der Waals surface area contributed by atoms with Gasteiger partial charge in [-0.1, -0.05) is 36.4 Å². The summed E-state index contributed by atoms with van der Waals surface area (Å²) >= 11 is 0. The highest BCUT2D eigenvalue weighted by Gasteiger charge is 2.35. The molecule has 1 unspecified atom stereocenters. The van der Waals surface area contributed by atoms with Crippen molar-refractivity contribution in [2.45, 2.75) is 37.9 Å². The number of nitro groups is 1. The lowest BCUT2D eigenvalue weighted by molar-refractivity contribution is -0.384. The topological polar surface area (TPSA) is 131 Å². The summed E-state index contributed by atoms with van der Waals surface area (Å²) in [6.07, 6.45) is 1.97. The maximum absolute atomic E-state index is 13.9. The second-order valence-corrected chi connectivity index (χ2v) is 8.42. The fraction of sp³-hybridized carbons (Fsp3) is 0.240. The van der Waals surface area contributed by atoms with Gasteiger partial charge >= 0.3 is 0 Å². The molecule has 1 aliphatic rings. The van der Waals surface area contributed by atoms with Gasteiger partial charge in [-0.15, -0.1) is 0 Å². The predicted octanol–water partition coefficient (Wildman–Crippen LogP) is 2.66. The third-order valence-corrected chi connectivity index (χ3v) is 5.82. The van der Waals surface area contributed by atoms with Crippen molar-refractivity contribution in [1.82, 2.24) is 10.3 Å². The molecular formula is C25H24FN5O4.